The van der Waals surface area contributed by atoms with Gasteiger partial charge in [-0.15, -0.1) is 0 Å². The molecule has 2 aromatic rings. The highest BCUT2D eigenvalue weighted by Gasteiger charge is 2.15. The van der Waals surface area contributed by atoms with Crippen LogP contribution >= 0.6 is 15.9 Å². The van der Waals surface area contributed by atoms with E-state index >= 15 is 0 Å². The summed E-state index contributed by atoms with van der Waals surface area (Å²) in [7, 11) is 0. The number of rotatable bonds is 2. The Labute approximate surface area is 106 Å². The van der Waals surface area contributed by atoms with Gasteiger partial charge in [0.15, 0.2) is 5.82 Å². The summed E-state index contributed by atoms with van der Waals surface area (Å²) in [5.41, 5.74) is 6.99. The zero-order chi connectivity index (χ0) is 12.6. The molecule has 2 rings (SSSR count). The van der Waals surface area contributed by atoms with Gasteiger partial charge in [-0.1, -0.05) is 13.3 Å². The maximum atomic E-state index is 13.6. The van der Waals surface area contributed by atoms with Crippen molar-refractivity contribution in [2.24, 2.45) is 0 Å². The van der Waals surface area contributed by atoms with Crippen LogP contribution in [0, 0.1) is 11.6 Å². The molecule has 0 aliphatic carbocycles. The molecule has 90 valence electrons. The molecule has 0 unspecified atom stereocenters. The van der Waals surface area contributed by atoms with Crippen molar-refractivity contribution >= 4 is 32.5 Å². The fraction of sp³-hybridized carbons (Fsp3) is 0.250. The zero-order valence-corrected chi connectivity index (χ0v) is 10.8. The first kappa shape index (κ1) is 12.2. The van der Waals surface area contributed by atoms with Gasteiger partial charge in [-0.05, 0) is 28.4 Å². The summed E-state index contributed by atoms with van der Waals surface area (Å²) in [6.07, 6.45) is 1.61. The third-order valence-electron chi connectivity index (χ3n) is 2.52. The Morgan fingerprint density at radius 3 is 2.65 bits per heavy atom. The topological polar surface area (TPSA) is 38.9 Å². The van der Waals surface area contributed by atoms with Crippen molar-refractivity contribution in [3.05, 3.63) is 33.9 Å². The van der Waals surface area contributed by atoms with Crippen LogP contribution in [-0.4, -0.2) is 4.98 Å². The molecule has 1 heterocycles. The molecule has 1 aromatic heterocycles. The van der Waals surface area contributed by atoms with Crippen molar-refractivity contribution in [3.63, 3.8) is 0 Å². The van der Waals surface area contributed by atoms with Gasteiger partial charge < -0.3 is 5.73 Å². The zero-order valence-electron chi connectivity index (χ0n) is 9.23. The molecule has 0 atom stereocenters. The number of hydrogen-bond acceptors (Lipinski definition) is 2. The summed E-state index contributed by atoms with van der Waals surface area (Å²) in [5.74, 6) is -1.36. The Hall–Kier alpha value is -1.23. The summed E-state index contributed by atoms with van der Waals surface area (Å²) < 4.78 is 27.2. The van der Waals surface area contributed by atoms with E-state index in [4.69, 9.17) is 5.73 Å². The highest BCUT2D eigenvalue weighted by molar-refractivity contribution is 9.10. The summed E-state index contributed by atoms with van der Waals surface area (Å²) in [6, 6.07) is 2.48. The lowest BCUT2D eigenvalue weighted by molar-refractivity contribution is 0.586. The highest BCUT2D eigenvalue weighted by atomic mass is 79.9. The fourth-order valence-electron chi connectivity index (χ4n) is 1.77. The van der Waals surface area contributed by atoms with Gasteiger partial charge in [0.25, 0.3) is 0 Å². The molecule has 0 spiro atoms. The number of pyridine rings is 1. The number of aryl methyl sites for hydroxylation is 1. The Kier molecular flexibility index (Phi) is 3.28. The van der Waals surface area contributed by atoms with Crippen LogP contribution in [-0.2, 0) is 6.42 Å². The van der Waals surface area contributed by atoms with Crippen LogP contribution < -0.4 is 5.73 Å². The van der Waals surface area contributed by atoms with Crippen molar-refractivity contribution in [2.45, 2.75) is 19.8 Å². The quantitative estimate of drug-likeness (QED) is 0.857. The van der Waals surface area contributed by atoms with Gasteiger partial charge in [0.2, 0.25) is 0 Å². The van der Waals surface area contributed by atoms with Gasteiger partial charge in [0, 0.05) is 22.8 Å². The average Bonchev–Trinajstić information content (AvgIpc) is 2.26. The molecular weight excluding hydrogens is 290 g/mol. The Morgan fingerprint density at radius 1 is 1.29 bits per heavy atom. The molecular formula is C12H11BrF2N2. The first-order chi connectivity index (χ1) is 8.04. The number of anilines is 1. The van der Waals surface area contributed by atoms with Crippen LogP contribution in [0.5, 0.6) is 0 Å². The summed E-state index contributed by atoms with van der Waals surface area (Å²) in [5, 5.41) is 0.294. The van der Waals surface area contributed by atoms with Crippen LogP contribution in [0.4, 0.5) is 14.5 Å². The number of nitrogens with zero attached hydrogens (tertiary/aromatic N) is 1. The smallest absolute Gasteiger partial charge is 0.152 e. The lowest BCUT2D eigenvalue weighted by Gasteiger charge is -2.08. The van der Waals surface area contributed by atoms with Crippen LogP contribution in [0.1, 0.15) is 19.0 Å². The van der Waals surface area contributed by atoms with E-state index in [1.165, 1.54) is 0 Å². The van der Waals surface area contributed by atoms with E-state index in [-0.39, 0.29) is 9.99 Å². The first-order valence-corrected chi connectivity index (χ1v) is 6.06. The van der Waals surface area contributed by atoms with E-state index in [0.29, 0.717) is 17.5 Å². The molecule has 0 aliphatic heterocycles. The molecule has 0 bridgehead atoms. The number of nitrogen functional groups attached to an aromatic ring is 1. The van der Waals surface area contributed by atoms with Crippen molar-refractivity contribution in [2.75, 3.05) is 5.73 Å². The van der Waals surface area contributed by atoms with E-state index < -0.39 is 11.6 Å². The number of benzene rings is 1. The maximum Gasteiger partial charge on any atom is 0.152 e. The molecule has 0 amide bonds. The Bertz CT molecular complexity index is 584. The summed E-state index contributed by atoms with van der Waals surface area (Å²) >= 11 is 3.07. The summed E-state index contributed by atoms with van der Waals surface area (Å²) in [4.78, 5) is 4.18. The van der Waals surface area contributed by atoms with Gasteiger partial charge in [-0.2, -0.15) is 0 Å². The molecule has 1 aromatic carbocycles. The van der Waals surface area contributed by atoms with E-state index in [9.17, 15) is 8.78 Å². The third kappa shape index (κ3) is 2.11. The maximum absolute atomic E-state index is 13.6. The number of halogens is 3. The van der Waals surface area contributed by atoms with Crippen molar-refractivity contribution in [1.29, 1.82) is 0 Å². The number of hydrogen-bond donors (Lipinski definition) is 1. The van der Waals surface area contributed by atoms with Crippen LogP contribution in [0.25, 0.3) is 10.9 Å². The van der Waals surface area contributed by atoms with Crippen LogP contribution in [0.2, 0.25) is 0 Å². The lowest BCUT2D eigenvalue weighted by atomic mass is 10.1. The van der Waals surface area contributed by atoms with Gasteiger partial charge in [-0.25, -0.2) is 13.8 Å². The molecule has 0 fully saturated rings. The normalized spacial score (nSPS) is 11.1. The van der Waals surface area contributed by atoms with E-state index in [1.807, 2.05) is 6.92 Å². The van der Waals surface area contributed by atoms with Gasteiger partial charge in [0.05, 0.1) is 4.47 Å². The number of fused-ring (bicyclic) bond motifs is 1. The molecule has 0 aliphatic rings. The number of aromatic nitrogens is 1. The first-order valence-electron chi connectivity index (χ1n) is 5.27. The minimum atomic E-state index is -0.689. The van der Waals surface area contributed by atoms with Gasteiger partial charge in [-0.3, -0.25) is 0 Å². The minimum Gasteiger partial charge on any atom is -0.398 e. The Morgan fingerprint density at radius 2 is 2.00 bits per heavy atom. The standard InChI is InChI=1S/C12H11BrF2N2/c1-2-3-6-4-9(16)10-11(13)7(14)5-8(15)12(10)17-6/h4-5H,2-3H2,1H3,(H2,16,17). The van der Waals surface area contributed by atoms with E-state index in [1.54, 1.807) is 6.07 Å². The SMILES string of the molecule is CCCc1cc(N)c2c(Br)c(F)cc(F)c2n1. The second-order valence-electron chi connectivity index (χ2n) is 3.83. The van der Waals surface area contributed by atoms with Crippen molar-refractivity contribution in [1.82, 2.24) is 4.98 Å². The monoisotopic (exact) mass is 300 g/mol. The van der Waals surface area contributed by atoms with Crippen LogP contribution in [0.3, 0.4) is 0 Å². The van der Waals surface area contributed by atoms with Crippen LogP contribution in [0.15, 0.2) is 16.6 Å². The van der Waals surface area contributed by atoms with Crippen molar-refractivity contribution < 1.29 is 8.78 Å². The predicted octanol–water partition coefficient (Wildman–Crippen LogP) is 3.81. The Balaban J connectivity index is 2.81. The average molecular weight is 301 g/mol. The molecule has 0 radical (unpaired) electrons. The second-order valence-corrected chi connectivity index (χ2v) is 4.62. The molecule has 2 N–H and O–H groups in total. The minimum absolute atomic E-state index is 0.113. The predicted molar refractivity (Wildman–Crippen MR) is 67.8 cm³/mol. The second kappa shape index (κ2) is 4.56. The van der Waals surface area contributed by atoms with E-state index in [0.717, 1.165) is 18.2 Å². The largest absolute Gasteiger partial charge is 0.398 e. The lowest BCUT2D eigenvalue weighted by Crippen LogP contribution is -1.99. The fourth-order valence-corrected chi connectivity index (χ4v) is 2.30. The highest BCUT2D eigenvalue weighted by Crippen LogP contribution is 2.32. The molecule has 2 nitrogen and oxygen atoms in total. The third-order valence-corrected chi connectivity index (χ3v) is 3.29. The molecule has 5 heteroatoms. The molecule has 17 heavy (non-hydrogen) atoms. The van der Waals surface area contributed by atoms with E-state index in [2.05, 4.69) is 20.9 Å². The van der Waals surface area contributed by atoms with Gasteiger partial charge >= 0.3 is 0 Å². The van der Waals surface area contributed by atoms with Gasteiger partial charge in [0.1, 0.15) is 11.3 Å². The summed E-state index contributed by atoms with van der Waals surface area (Å²) in [6.45, 7) is 2.00. The number of nitrogens with two attached hydrogens (primary N) is 1. The molecule has 0 saturated heterocycles. The van der Waals surface area contributed by atoms with Crippen molar-refractivity contribution in [3.8, 4) is 0 Å². The molecule has 0 saturated carbocycles.